The second-order valence-corrected chi connectivity index (χ2v) is 6.31. The van der Waals surface area contributed by atoms with Crippen LogP contribution in [-0.4, -0.2) is 19.5 Å². The predicted octanol–water partition coefficient (Wildman–Crippen LogP) is 3.74. The van der Waals surface area contributed by atoms with Gasteiger partial charge in [-0.15, -0.1) is 22.9 Å². The number of nitrogens with zero attached hydrogens (tertiary/aromatic N) is 4. The van der Waals surface area contributed by atoms with Crippen LogP contribution >= 0.6 is 22.9 Å². The Labute approximate surface area is 126 Å². The van der Waals surface area contributed by atoms with Gasteiger partial charge in [0.25, 0.3) is 0 Å². The van der Waals surface area contributed by atoms with E-state index in [-0.39, 0.29) is 5.38 Å². The van der Waals surface area contributed by atoms with Crippen LogP contribution in [0, 0.1) is 6.92 Å². The molecule has 3 heterocycles. The predicted molar refractivity (Wildman–Crippen MR) is 82.4 cm³/mol. The second kappa shape index (κ2) is 5.50. The highest BCUT2D eigenvalue weighted by atomic mass is 35.5. The van der Waals surface area contributed by atoms with Crippen LogP contribution in [0.15, 0.2) is 23.7 Å². The summed E-state index contributed by atoms with van der Waals surface area (Å²) in [6, 6.07) is 3.86. The zero-order valence-electron chi connectivity index (χ0n) is 11.4. The lowest BCUT2D eigenvalue weighted by Crippen LogP contribution is -2.07. The van der Waals surface area contributed by atoms with Crippen LogP contribution in [-0.2, 0) is 13.0 Å². The van der Waals surface area contributed by atoms with E-state index in [4.69, 9.17) is 11.6 Å². The van der Waals surface area contributed by atoms with E-state index in [1.165, 1.54) is 0 Å². The third kappa shape index (κ3) is 2.55. The van der Waals surface area contributed by atoms with Crippen LogP contribution in [0.3, 0.4) is 0 Å². The van der Waals surface area contributed by atoms with E-state index in [1.807, 2.05) is 26.0 Å². The number of imidazole rings is 1. The van der Waals surface area contributed by atoms with Crippen molar-refractivity contribution < 1.29 is 0 Å². The number of rotatable bonds is 4. The highest BCUT2D eigenvalue weighted by Crippen LogP contribution is 2.24. The molecular weight excluding hydrogens is 292 g/mol. The molecule has 0 spiro atoms. The van der Waals surface area contributed by atoms with Gasteiger partial charge in [-0.2, -0.15) is 0 Å². The fraction of sp³-hybridized carbons (Fsp3) is 0.357. The van der Waals surface area contributed by atoms with Gasteiger partial charge in [-0.1, -0.05) is 0 Å². The molecule has 3 aromatic heterocycles. The molecule has 0 aliphatic rings. The number of pyridine rings is 1. The molecule has 3 rings (SSSR count). The van der Waals surface area contributed by atoms with Gasteiger partial charge >= 0.3 is 0 Å². The summed E-state index contributed by atoms with van der Waals surface area (Å²) >= 11 is 7.93. The van der Waals surface area contributed by atoms with E-state index < -0.39 is 0 Å². The molecule has 0 aliphatic carbocycles. The van der Waals surface area contributed by atoms with Gasteiger partial charge in [-0.05, 0) is 26.0 Å². The number of thiazole rings is 1. The Hall–Kier alpha value is -1.46. The maximum atomic E-state index is 6.24. The third-order valence-electron chi connectivity index (χ3n) is 3.10. The summed E-state index contributed by atoms with van der Waals surface area (Å²) in [6.45, 7) is 4.75. The van der Waals surface area contributed by atoms with Crippen molar-refractivity contribution in [3.05, 3.63) is 40.2 Å². The molecule has 0 radical (unpaired) electrons. The van der Waals surface area contributed by atoms with E-state index in [0.717, 1.165) is 40.7 Å². The molecule has 0 saturated heterocycles. The number of fused-ring (bicyclic) bond motifs is 1. The van der Waals surface area contributed by atoms with Gasteiger partial charge in [0.15, 0.2) is 5.65 Å². The van der Waals surface area contributed by atoms with E-state index in [9.17, 15) is 0 Å². The number of aromatic nitrogens is 4. The van der Waals surface area contributed by atoms with Gasteiger partial charge < -0.3 is 4.57 Å². The van der Waals surface area contributed by atoms with Crippen molar-refractivity contribution in [2.75, 3.05) is 0 Å². The minimum atomic E-state index is -0.137. The van der Waals surface area contributed by atoms with Gasteiger partial charge in [0.1, 0.15) is 11.3 Å². The maximum absolute atomic E-state index is 6.24. The molecule has 0 aromatic carbocycles. The van der Waals surface area contributed by atoms with Gasteiger partial charge in [0.05, 0.1) is 10.4 Å². The molecule has 6 heteroatoms. The second-order valence-electron chi connectivity index (χ2n) is 4.72. The Bertz CT molecular complexity index is 732. The Morgan fingerprint density at radius 2 is 2.25 bits per heavy atom. The molecule has 104 valence electrons. The SMILES string of the molecule is Cc1csc(CCn2c(C(C)Cl)nc3cccnc32)n1. The van der Waals surface area contributed by atoms with E-state index in [2.05, 4.69) is 24.9 Å². The first-order valence-electron chi connectivity index (χ1n) is 6.51. The number of hydrogen-bond donors (Lipinski definition) is 0. The van der Waals surface area contributed by atoms with Crippen molar-refractivity contribution in [2.24, 2.45) is 0 Å². The van der Waals surface area contributed by atoms with Crippen LogP contribution in [0.1, 0.15) is 28.8 Å². The standard InChI is InChI=1S/C14H15ClN4S/c1-9-8-20-12(17-9)5-7-19-13(10(2)15)18-11-4-3-6-16-14(11)19/h3-4,6,8,10H,5,7H2,1-2H3. The Kier molecular flexibility index (Phi) is 3.72. The fourth-order valence-corrected chi connectivity index (χ4v) is 3.16. The third-order valence-corrected chi connectivity index (χ3v) is 4.33. The monoisotopic (exact) mass is 306 g/mol. The summed E-state index contributed by atoms with van der Waals surface area (Å²) in [5.74, 6) is 0.869. The summed E-state index contributed by atoms with van der Waals surface area (Å²) < 4.78 is 2.10. The van der Waals surface area contributed by atoms with Crippen LogP contribution in [0.4, 0.5) is 0 Å². The molecule has 3 aromatic rings. The Morgan fingerprint density at radius 1 is 1.40 bits per heavy atom. The summed E-state index contributed by atoms with van der Waals surface area (Å²) in [6.07, 6.45) is 2.66. The van der Waals surface area contributed by atoms with Crippen LogP contribution < -0.4 is 0 Å². The fourth-order valence-electron chi connectivity index (χ4n) is 2.23. The highest BCUT2D eigenvalue weighted by Gasteiger charge is 2.15. The first-order chi connectivity index (χ1) is 9.65. The van der Waals surface area contributed by atoms with Crippen LogP contribution in [0.25, 0.3) is 11.2 Å². The van der Waals surface area contributed by atoms with E-state index >= 15 is 0 Å². The molecule has 0 bridgehead atoms. The van der Waals surface area contributed by atoms with Crippen molar-refractivity contribution in [1.29, 1.82) is 0 Å². The minimum Gasteiger partial charge on any atom is -0.311 e. The number of hydrogen-bond acceptors (Lipinski definition) is 4. The highest BCUT2D eigenvalue weighted by molar-refractivity contribution is 7.09. The molecule has 1 atom stereocenters. The molecule has 0 N–H and O–H groups in total. The average Bonchev–Trinajstić information content (AvgIpc) is 3.00. The summed E-state index contributed by atoms with van der Waals surface area (Å²) in [5.41, 5.74) is 2.86. The number of alkyl halides is 1. The summed E-state index contributed by atoms with van der Waals surface area (Å²) in [5, 5.41) is 3.07. The van der Waals surface area contributed by atoms with Crippen molar-refractivity contribution in [1.82, 2.24) is 19.5 Å². The van der Waals surface area contributed by atoms with Crippen molar-refractivity contribution in [2.45, 2.75) is 32.2 Å². The van der Waals surface area contributed by atoms with Gasteiger partial charge in [-0.25, -0.2) is 15.0 Å². The molecule has 20 heavy (non-hydrogen) atoms. The van der Waals surface area contributed by atoms with Gasteiger partial charge in [0.2, 0.25) is 0 Å². The van der Waals surface area contributed by atoms with Crippen LogP contribution in [0.5, 0.6) is 0 Å². The quantitative estimate of drug-likeness (QED) is 0.690. The van der Waals surface area contributed by atoms with Crippen molar-refractivity contribution in [3.8, 4) is 0 Å². The van der Waals surface area contributed by atoms with E-state index in [0.29, 0.717) is 0 Å². The van der Waals surface area contributed by atoms with Gasteiger partial charge in [-0.3, -0.25) is 0 Å². The maximum Gasteiger partial charge on any atom is 0.160 e. The summed E-state index contributed by atoms with van der Waals surface area (Å²) in [7, 11) is 0. The molecule has 0 amide bonds. The lowest BCUT2D eigenvalue weighted by molar-refractivity contribution is 0.661. The van der Waals surface area contributed by atoms with Crippen molar-refractivity contribution >= 4 is 34.1 Å². The summed E-state index contributed by atoms with van der Waals surface area (Å²) in [4.78, 5) is 13.5. The normalized spacial score (nSPS) is 12.9. The zero-order valence-corrected chi connectivity index (χ0v) is 12.9. The van der Waals surface area contributed by atoms with Crippen LogP contribution in [0.2, 0.25) is 0 Å². The molecular formula is C14H15ClN4S. The van der Waals surface area contributed by atoms with E-state index in [1.54, 1.807) is 17.5 Å². The number of halogens is 1. The minimum absolute atomic E-state index is 0.137. The Morgan fingerprint density at radius 3 is 2.95 bits per heavy atom. The first kappa shape index (κ1) is 13.5. The Balaban J connectivity index is 1.94. The average molecular weight is 307 g/mol. The largest absolute Gasteiger partial charge is 0.311 e. The number of aryl methyl sites for hydroxylation is 3. The molecule has 0 saturated carbocycles. The zero-order chi connectivity index (χ0) is 14.1. The topological polar surface area (TPSA) is 43.6 Å². The van der Waals surface area contributed by atoms with Crippen molar-refractivity contribution in [3.63, 3.8) is 0 Å². The molecule has 0 fully saturated rings. The van der Waals surface area contributed by atoms with Gasteiger partial charge in [0, 0.05) is 30.2 Å². The molecule has 1 unspecified atom stereocenters. The lowest BCUT2D eigenvalue weighted by Gasteiger charge is -2.08. The molecule has 4 nitrogen and oxygen atoms in total. The first-order valence-corrected chi connectivity index (χ1v) is 7.83. The smallest absolute Gasteiger partial charge is 0.160 e. The lowest BCUT2D eigenvalue weighted by atomic mass is 10.4. The molecule has 0 aliphatic heterocycles.